The van der Waals surface area contributed by atoms with Crippen LogP contribution < -0.4 is 10.6 Å². The van der Waals surface area contributed by atoms with E-state index in [9.17, 15) is 8.78 Å². The lowest BCUT2D eigenvalue weighted by Gasteiger charge is -2.26. The molecule has 0 spiro atoms. The monoisotopic (exact) mass is 522 g/mol. The zero-order valence-electron chi connectivity index (χ0n) is 22.5. The largest absolute Gasteiger partial charge is 0.294 e. The van der Waals surface area contributed by atoms with Crippen molar-refractivity contribution in [3.63, 3.8) is 0 Å². The molecule has 4 aromatic heterocycles. The number of pyridine rings is 2. The summed E-state index contributed by atoms with van der Waals surface area (Å²) in [6, 6.07) is 8.23. The van der Waals surface area contributed by atoms with Crippen molar-refractivity contribution in [1.82, 2.24) is 29.1 Å². The normalized spacial score (nSPS) is 13.6. The Bertz CT molecular complexity index is 1260. The molecule has 4 aromatic rings. The van der Waals surface area contributed by atoms with Crippen molar-refractivity contribution in [2.45, 2.75) is 78.3 Å². The fourth-order valence-corrected chi connectivity index (χ4v) is 6.88. The fourth-order valence-electron chi connectivity index (χ4n) is 4.77. The van der Waals surface area contributed by atoms with E-state index in [2.05, 4.69) is 62.9 Å². The second kappa shape index (κ2) is 11.0. The van der Waals surface area contributed by atoms with E-state index >= 15 is 0 Å². The number of halogens is 2. The van der Waals surface area contributed by atoms with Crippen molar-refractivity contribution in [1.29, 1.82) is 0 Å². The van der Waals surface area contributed by atoms with Gasteiger partial charge >= 0.3 is 0 Å². The summed E-state index contributed by atoms with van der Waals surface area (Å²) in [5, 5.41) is 1.81. The van der Waals surface area contributed by atoms with E-state index in [-0.39, 0.29) is 0 Å². The summed E-state index contributed by atoms with van der Waals surface area (Å²) in [5.41, 5.74) is 2.24. The van der Waals surface area contributed by atoms with Gasteiger partial charge in [0.15, 0.2) is 8.07 Å². The van der Waals surface area contributed by atoms with Crippen molar-refractivity contribution in [2.24, 2.45) is 0 Å². The highest BCUT2D eigenvalue weighted by atomic mass is 28.3. The van der Waals surface area contributed by atoms with Gasteiger partial charge in [0.05, 0.1) is 0 Å². The van der Waals surface area contributed by atoms with Crippen molar-refractivity contribution in [3.05, 3.63) is 72.3 Å². The number of rotatable bonds is 10. The summed E-state index contributed by atoms with van der Waals surface area (Å²) in [6.07, 6.45) is 9.01. The Morgan fingerprint density at radius 1 is 0.730 bits per heavy atom. The summed E-state index contributed by atoms with van der Waals surface area (Å²) in [6.45, 7) is 13.1. The van der Waals surface area contributed by atoms with Gasteiger partial charge in [-0.2, -0.15) is 8.78 Å². The van der Waals surface area contributed by atoms with Gasteiger partial charge in [-0.15, -0.1) is 0 Å². The number of hydrogen-bond acceptors (Lipinski definition) is 4. The second-order valence-corrected chi connectivity index (χ2v) is 14.7. The van der Waals surface area contributed by atoms with E-state index < -0.39 is 20.2 Å². The lowest BCUT2D eigenvalue weighted by molar-refractivity contribution is 0.519. The molecule has 6 nitrogen and oxygen atoms in total. The predicted molar refractivity (Wildman–Crippen MR) is 146 cm³/mol. The van der Waals surface area contributed by atoms with E-state index in [1.807, 2.05) is 12.1 Å². The molecule has 4 rings (SSSR count). The highest BCUT2D eigenvalue weighted by molar-refractivity contribution is 6.99. The van der Waals surface area contributed by atoms with Gasteiger partial charge in [0.25, 0.3) is 12.2 Å². The molecule has 0 bridgehead atoms. The molecular formula is C28H36F2N6Si. The molecule has 0 saturated heterocycles. The number of imidazole rings is 2. The first-order valence-corrected chi connectivity index (χ1v) is 16.1. The quantitative estimate of drug-likeness (QED) is 0.249. The van der Waals surface area contributed by atoms with Crippen LogP contribution >= 0.6 is 0 Å². The molecule has 0 fully saturated rings. The van der Waals surface area contributed by atoms with Gasteiger partial charge in [0.2, 0.25) is 0 Å². The highest BCUT2D eigenvalue weighted by Crippen LogP contribution is 2.25. The topological polar surface area (TPSA) is 61.4 Å². The van der Waals surface area contributed by atoms with E-state index in [0.29, 0.717) is 23.5 Å². The molecule has 2 atom stereocenters. The zero-order chi connectivity index (χ0) is 26.7. The minimum Gasteiger partial charge on any atom is -0.260 e. The molecule has 0 aliphatic heterocycles. The van der Waals surface area contributed by atoms with Gasteiger partial charge in [0, 0.05) is 35.4 Å². The Hall–Kier alpha value is -3.20. The molecule has 0 amide bonds. The summed E-state index contributed by atoms with van der Waals surface area (Å²) < 4.78 is 31.8. The molecule has 0 aliphatic rings. The van der Waals surface area contributed by atoms with Gasteiger partial charge in [0.1, 0.15) is 11.6 Å². The molecule has 0 saturated carbocycles. The standard InChI is InChI=1S/C28H36F2N6Si/c1-7-9-19(3)21-15-23(35-13-11-31-27(35)29)33-25(17-21)37(5,6)26-18-22(20(4)10-8-2)16-24(34-26)36-14-12-32-28(36)30/h11-20H,7-10H2,1-6H3. The van der Waals surface area contributed by atoms with Gasteiger partial charge in [-0.3, -0.25) is 9.13 Å². The molecule has 9 heteroatoms. The van der Waals surface area contributed by atoms with Crippen LogP contribution in [0.5, 0.6) is 0 Å². The van der Waals surface area contributed by atoms with Crippen LogP contribution in [0.4, 0.5) is 8.78 Å². The van der Waals surface area contributed by atoms with E-state index in [0.717, 1.165) is 47.4 Å². The summed E-state index contributed by atoms with van der Waals surface area (Å²) >= 11 is 0. The molecule has 37 heavy (non-hydrogen) atoms. The SMILES string of the molecule is CCCC(C)c1cc(-n2ccnc2F)nc([Si](C)(C)c2cc(C(C)CCC)cc(-n3ccnc3F)n2)c1. The maximum atomic E-state index is 14.5. The minimum absolute atomic E-state index is 0.293. The third-order valence-electron chi connectivity index (χ3n) is 7.22. The Balaban J connectivity index is 1.90. The Morgan fingerprint density at radius 2 is 1.14 bits per heavy atom. The summed E-state index contributed by atoms with van der Waals surface area (Å²) in [5.74, 6) is 1.62. The first-order valence-electron chi connectivity index (χ1n) is 13.1. The molecule has 0 N–H and O–H groups in total. The smallest absolute Gasteiger partial charge is 0.260 e. The number of nitrogens with zero attached hydrogens (tertiary/aromatic N) is 6. The minimum atomic E-state index is -2.51. The maximum Gasteiger partial charge on any atom is 0.294 e. The Morgan fingerprint density at radius 3 is 1.46 bits per heavy atom. The Labute approximate surface area is 218 Å². The van der Waals surface area contributed by atoms with Crippen LogP contribution in [0.15, 0.2) is 49.1 Å². The molecule has 0 radical (unpaired) electrons. The maximum absolute atomic E-state index is 14.5. The van der Waals surface area contributed by atoms with Crippen molar-refractivity contribution < 1.29 is 8.78 Å². The first-order chi connectivity index (χ1) is 17.6. The van der Waals surface area contributed by atoms with Crippen LogP contribution in [-0.2, 0) is 0 Å². The van der Waals surface area contributed by atoms with Gasteiger partial charge in [-0.25, -0.2) is 19.9 Å². The van der Waals surface area contributed by atoms with Crippen molar-refractivity contribution in [2.75, 3.05) is 0 Å². The average Bonchev–Trinajstić information content (AvgIpc) is 3.51. The van der Waals surface area contributed by atoms with Crippen LogP contribution in [0, 0.1) is 12.2 Å². The number of hydrogen-bond donors (Lipinski definition) is 0. The molecule has 4 heterocycles. The van der Waals surface area contributed by atoms with E-state index in [1.165, 1.54) is 21.5 Å². The number of aromatic nitrogens is 6. The molecule has 0 aliphatic carbocycles. The zero-order valence-corrected chi connectivity index (χ0v) is 23.5. The average molecular weight is 523 g/mol. The lowest BCUT2D eigenvalue weighted by Crippen LogP contribution is -2.56. The van der Waals surface area contributed by atoms with Gasteiger partial charge < -0.3 is 0 Å². The first kappa shape index (κ1) is 26.8. The van der Waals surface area contributed by atoms with Crippen molar-refractivity contribution >= 4 is 18.7 Å². The third kappa shape index (κ3) is 5.56. The summed E-state index contributed by atoms with van der Waals surface area (Å²) in [7, 11) is -2.51. The second-order valence-electron chi connectivity index (χ2n) is 10.4. The van der Waals surface area contributed by atoms with E-state index in [1.54, 1.807) is 12.4 Å². The molecule has 0 aromatic carbocycles. The van der Waals surface area contributed by atoms with Gasteiger partial charge in [-0.1, -0.05) is 53.6 Å². The fraction of sp³-hybridized carbons (Fsp3) is 0.429. The summed E-state index contributed by atoms with van der Waals surface area (Å²) in [4.78, 5) is 17.4. The predicted octanol–water partition coefficient (Wildman–Crippen LogP) is 5.76. The third-order valence-corrected chi connectivity index (χ3v) is 10.3. The van der Waals surface area contributed by atoms with Crippen LogP contribution in [0.25, 0.3) is 11.6 Å². The lowest BCUT2D eigenvalue weighted by atomic mass is 9.97. The van der Waals surface area contributed by atoms with Gasteiger partial charge in [-0.05, 0) is 60.1 Å². The van der Waals surface area contributed by atoms with Crippen LogP contribution in [0.2, 0.25) is 13.1 Å². The highest BCUT2D eigenvalue weighted by Gasteiger charge is 2.32. The van der Waals surface area contributed by atoms with Crippen molar-refractivity contribution in [3.8, 4) is 11.6 Å². The van der Waals surface area contributed by atoms with E-state index in [4.69, 9.17) is 9.97 Å². The Kier molecular flexibility index (Phi) is 8.01. The van der Waals surface area contributed by atoms with Crippen LogP contribution in [-0.4, -0.2) is 37.1 Å². The van der Waals surface area contributed by atoms with Crippen LogP contribution in [0.1, 0.15) is 76.3 Å². The van der Waals surface area contributed by atoms with Crippen LogP contribution in [0.3, 0.4) is 0 Å². The molecular weight excluding hydrogens is 486 g/mol. The molecule has 196 valence electrons. The molecule has 2 unspecified atom stereocenters.